The smallest absolute Gasteiger partial charge is 0.319 e. The number of rotatable bonds is 6. The molecule has 2 aromatic rings. The minimum absolute atomic E-state index is 0.0130. The zero-order valence-corrected chi connectivity index (χ0v) is 20.5. The molecule has 0 aliphatic heterocycles. The molecule has 0 unspecified atom stereocenters. The van der Waals surface area contributed by atoms with Crippen LogP contribution in [0.15, 0.2) is 48.5 Å². The number of Topliss-reactive ketones (excluding diaryl/α,β-unsaturated/α-hetero) is 1. The summed E-state index contributed by atoms with van der Waals surface area (Å²) in [7, 11) is 0. The molecule has 0 saturated heterocycles. The average molecular weight is 487 g/mol. The molecule has 6 nitrogen and oxygen atoms in total. The summed E-state index contributed by atoms with van der Waals surface area (Å²) >= 11 is 0. The molecule has 7 rings (SSSR count). The first-order valence-corrected chi connectivity index (χ1v) is 13.4. The number of carbonyl (C=O) groups excluding carboxylic acids is 2. The standard InChI is InChI=1S/C30H34N2O4/c33-27(25-2-1-3-26(25)28(34)35)23-6-4-21(5-7-23)22-8-10-24(11-9-22)31-29(36)32-30-15-18-12-19(16-30)14-20(13-18)17-30/h4-11,18-20,25-26H,1-3,12-17H2,(H,34,35)(H2,31,32,36)/t18?,19?,20?,25-,26-,30?/m1/s1. The Morgan fingerprint density at radius 2 is 1.28 bits per heavy atom. The molecule has 4 bridgehead atoms. The Bertz CT molecular complexity index is 1140. The van der Waals surface area contributed by atoms with Crippen molar-refractivity contribution in [3.05, 3.63) is 54.1 Å². The SMILES string of the molecule is O=C(Nc1ccc(-c2ccc(C(=O)[C@@H]3CCC[C@H]3C(=O)O)cc2)cc1)NC12CC3CC(CC(C3)C1)C2. The third-order valence-electron chi connectivity index (χ3n) is 9.23. The second-order valence-electron chi connectivity index (χ2n) is 11.8. The van der Waals surface area contributed by atoms with E-state index in [-0.39, 0.29) is 17.4 Å². The zero-order valence-electron chi connectivity index (χ0n) is 20.5. The van der Waals surface area contributed by atoms with Crippen molar-refractivity contribution in [2.45, 2.75) is 63.3 Å². The topological polar surface area (TPSA) is 95.5 Å². The minimum atomic E-state index is -0.872. The molecular weight excluding hydrogens is 452 g/mol. The van der Waals surface area contributed by atoms with Gasteiger partial charge in [-0.15, -0.1) is 0 Å². The van der Waals surface area contributed by atoms with E-state index in [1.165, 1.54) is 19.3 Å². The van der Waals surface area contributed by atoms with Crippen LogP contribution in [0.3, 0.4) is 0 Å². The highest BCUT2D eigenvalue weighted by Crippen LogP contribution is 2.55. The summed E-state index contributed by atoms with van der Waals surface area (Å²) in [5.41, 5.74) is 3.27. The Morgan fingerprint density at radius 1 is 0.750 bits per heavy atom. The molecule has 0 aromatic heterocycles. The monoisotopic (exact) mass is 486 g/mol. The van der Waals surface area contributed by atoms with E-state index in [9.17, 15) is 19.5 Å². The first-order valence-electron chi connectivity index (χ1n) is 13.4. The molecule has 5 aliphatic carbocycles. The van der Waals surface area contributed by atoms with Crippen molar-refractivity contribution in [3.63, 3.8) is 0 Å². The van der Waals surface area contributed by atoms with Gasteiger partial charge in [0.1, 0.15) is 0 Å². The lowest BCUT2D eigenvalue weighted by Crippen LogP contribution is -2.60. The second kappa shape index (κ2) is 9.06. The summed E-state index contributed by atoms with van der Waals surface area (Å²) < 4.78 is 0. The van der Waals surface area contributed by atoms with E-state index >= 15 is 0 Å². The number of hydrogen-bond donors (Lipinski definition) is 3. The third-order valence-corrected chi connectivity index (χ3v) is 9.23. The van der Waals surface area contributed by atoms with Gasteiger partial charge in [-0.1, -0.05) is 42.8 Å². The molecule has 36 heavy (non-hydrogen) atoms. The molecule has 3 N–H and O–H groups in total. The molecule has 0 radical (unpaired) electrons. The van der Waals surface area contributed by atoms with Gasteiger partial charge in [0.25, 0.3) is 0 Å². The molecule has 2 aromatic carbocycles. The molecule has 6 heteroatoms. The predicted octanol–water partition coefficient (Wildman–Crippen LogP) is 6.13. The number of anilines is 1. The van der Waals surface area contributed by atoms with Crippen LogP contribution in [0.25, 0.3) is 11.1 Å². The summed E-state index contributed by atoms with van der Waals surface area (Å²) in [6.07, 6.45) is 9.43. The van der Waals surface area contributed by atoms with Crippen molar-refractivity contribution in [3.8, 4) is 11.1 Å². The van der Waals surface area contributed by atoms with E-state index in [2.05, 4.69) is 10.6 Å². The second-order valence-corrected chi connectivity index (χ2v) is 11.8. The molecule has 2 atom stereocenters. The summed E-state index contributed by atoms with van der Waals surface area (Å²) in [6.45, 7) is 0. The van der Waals surface area contributed by atoms with E-state index in [1.54, 1.807) is 12.1 Å². The lowest BCUT2D eigenvalue weighted by atomic mass is 9.53. The molecular formula is C30H34N2O4. The number of ketones is 1. The van der Waals surface area contributed by atoms with Crippen LogP contribution in [0.5, 0.6) is 0 Å². The highest BCUT2D eigenvalue weighted by molar-refractivity contribution is 6.00. The molecule has 5 fully saturated rings. The summed E-state index contributed by atoms with van der Waals surface area (Å²) in [6, 6.07) is 15.0. The van der Waals surface area contributed by atoms with Gasteiger partial charge in [-0.3, -0.25) is 9.59 Å². The molecule has 188 valence electrons. The van der Waals surface area contributed by atoms with Gasteiger partial charge < -0.3 is 15.7 Å². The van der Waals surface area contributed by atoms with Gasteiger partial charge in [0.15, 0.2) is 5.78 Å². The molecule has 2 amide bonds. The average Bonchev–Trinajstić information content (AvgIpc) is 3.33. The van der Waals surface area contributed by atoms with E-state index in [4.69, 9.17) is 0 Å². The first-order chi connectivity index (χ1) is 17.4. The quantitative estimate of drug-likeness (QED) is 0.428. The largest absolute Gasteiger partial charge is 0.481 e. The lowest BCUT2D eigenvalue weighted by molar-refractivity contribution is -0.142. The number of nitrogens with one attached hydrogen (secondary N) is 2. The van der Waals surface area contributed by atoms with E-state index in [0.29, 0.717) is 18.4 Å². The molecule has 5 aliphatic rings. The van der Waals surface area contributed by atoms with Crippen LogP contribution in [0, 0.1) is 29.6 Å². The van der Waals surface area contributed by atoms with Crippen LogP contribution in [-0.4, -0.2) is 28.4 Å². The van der Waals surface area contributed by atoms with E-state index in [0.717, 1.165) is 60.3 Å². The number of aliphatic carboxylic acids is 1. The Labute approximate surface area is 211 Å². The van der Waals surface area contributed by atoms with Crippen molar-refractivity contribution >= 4 is 23.5 Å². The van der Waals surface area contributed by atoms with Gasteiger partial charge in [-0.05, 0) is 92.4 Å². The van der Waals surface area contributed by atoms with Crippen molar-refractivity contribution in [1.82, 2.24) is 5.32 Å². The normalized spacial score (nSPS) is 32.3. The minimum Gasteiger partial charge on any atom is -0.481 e. The molecule has 0 spiro atoms. The number of carbonyl (C=O) groups is 3. The fourth-order valence-electron chi connectivity index (χ4n) is 8.02. The summed E-state index contributed by atoms with van der Waals surface area (Å²) in [4.78, 5) is 37.2. The fraction of sp³-hybridized carbons (Fsp3) is 0.500. The van der Waals surface area contributed by atoms with Crippen LogP contribution in [0.1, 0.15) is 68.1 Å². The van der Waals surface area contributed by atoms with Crippen molar-refractivity contribution < 1.29 is 19.5 Å². The van der Waals surface area contributed by atoms with Crippen molar-refractivity contribution in [2.75, 3.05) is 5.32 Å². The van der Waals surface area contributed by atoms with Gasteiger partial charge in [0, 0.05) is 22.7 Å². The number of urea groups is 1. The third kappa shape index (κ3) is 4.42. The Balaban J connectivity index is 1.08. The number of benzene rings is 2. The zero-order chi connectivity index (χ0) is 24.9. The van der Waals surface area contributed by atoms with E-state index in [1.807, 2.05) is 36.4 Å². The Kier molecular flexibility index (Phi) is 5.85. The van der Waals surface area contributed by atoms with Gasteiger partial charge in [-0.2, -0.15) is 0 Å². The maximum Gasteiger partial charge on any atom is 0.319 e. The van der Waals surface area contributed by atoms with Crippen LogP contribution < -0.4 is 10.6 Å². The van der Waals surface area contributed by atoms with Crippen LogP contribution >= 0.6 is 0 Å². The van der Waals surface area contributed by atoms with E-state index < -0.39 is 17.8 Å². The molecule has 0 heterocycles. The highest BCUT2D eigenvalue weighted by Gasteiger charge is 2.51. The fourth-order valence-corrected chi connectivity index (χ4v) is 8.02. The van der Waals surface area contributed by atoms with Crippen LogP contribution in [0.2, 0.25) is 0 Å². The highest BCUT2D eigenvalue weighted by atomic mass is 16.4. The number of amides is 2. The van der Waals surface area contributed by atoms with Gasteiger partial charge in [0.2, 0.25) is 0 Å². The predicted molar refractivity (Wildman–Crippen MR) is 138 cm³/mol. The maximum absolute atomic E-state index is 12.9. The van der Waals surface area contributed by atoms with Crippen molar-refractivity contribution in [1.29, 1.82) is 0 Å². The van der Waals surface area contributed by atoms with Gasteiger partial charge >= 0.3 is 12.0 Å². The van der Waals surface area contributed by atoms with Crippen LogP contribution in [0.4, 0.5) is 10.5 Å². The molecule has 5 saturated carbocycles. The summed E-state index contributed by atoms with van der Waals surface area (Å²) in [5, 5.41) is 15.8. The Hall–Kier alpha value is -3.15. The maximum atomic E-state index is 12.9. The number of carboxylic acid groups (broad SMARTS) is 1. The Morgan fingerprint density at radius 3 is 1.83 bits per heavy atom. The lowest BCUT2D eigenvalue weighted by Gasteiger charge is -2.56. The summed E-state index contributed by atoms with van der Waals surface area (Å²) in [5.74, 6) is 0.414. The van der Waals surface area contributed by atoms with Gasteiger partial charge in [-0.25, -0.2) is 4.79 Å². The van der Waals surface area contributed by atoms with Crippen LogP contribution in [-0.2, 0) is 4.79 Å². The first kappa shape index (κ1) is 23.3. The number of hydrogen-bond acceptors (Lipinski definition) is 3. The van der Waals surface area contributed by atoms with Gasteiger partial charge in [0.05, 0.1) is 5.92 Å². The number of carboxylic acids is 1. The van der Waals surface area contributed by atoms with Crippen molar-refractivity contribution in [2.24, 2.45) is 29.6 Å².